The summed E-state index contributed by atoms with van der Waals surface area (Å²) in [7, 11) is -4.96. The summed E-state index contributed by atoms with van der Waals surface area (Å²) in [5, 5.41) is -1.27. The van der Waals surface area contributed by atoms with E-state index >= 15 is 0 Å². The van der Waals surface area contributed by atoms with E-state index in [1.165, 1.54) is 0 Å². The predicted octanol–water partition coefficient (Wildman–Crippen LogP) is 2.42. The summed E-state index contributed by atoms with van der Waals surface area (Å²) in [5.74, 6) is 0. The number of halogens is 3. The van der Waals surface area contributed by atoms with Crippen molar-refractivity contribution in [1.82, 2.24) is 0 Å². The van der Waals surface area contributed by atoms with Gasteiger partial charge in [-0.3, -0.25) is 0 Å². The van der Waals surface area contributed by atoms with Crippen LogP contribution in [0, 0.1) is 0 Å². The van der Waals surface area contributed by atoms with Crippen molar-refractivity contribution in [3.05, 3.63) is 12.2 Å². The fourth-order valence-corrected chi connectivity index (χ4v) is 2.73. The zero-order chi connectivity index (χ0) is 11.0. The molecular formula is C8H11F3O2S. The third kappa shape index (κ3) is 2.10. The summed E-state index contributed by atoms with van der Waals surface area (Å²) in [6, 6.07) is 0. The van der Waals surface area contributed by atoms with Crippen molar-refractivity contribution in [2.24, 2.45) is 0 Å². The van der Waals surface area contributed by atoms with E-state index in [2.05, 4.69) is 6.58 Å². The van der Waals surface area contributed by atoms with Gasteiger partial charge in [-0.2, -0.15) is 13.2 Å². The third-order valence-corrected chi connectivity index (χ3v) is 4.40. The molecule has 0 unspecified atom stereocenters. The number of alkyl halides is 3. The molecule has 0 aromatic rings. The van der Waals surface area contributed by atoms with Gasteiger partial charge >= 0.3 is 5.51 Å². The minimum atomic E-state index is -5.11. The largest absolute Gasteiger partial charge is 0.497 e. The van der Waals surface area contributed by atoms with Crippen LogP contribution in [0.2, 0.25) is 0 Å². The van der Waals surface area contributed by atoms with E-state index in [1.54, 1.807) is 0 Å². The molecule has 1 fully saturated rings. The van der Waals surface area contributed by atoms with Crippen LogP contribution in [-0.4, -0.2) is 19.2 Å². The van der Waals surface area contributed by atoms with Crippen molar-refractivity contribution >= 4 is 9.84 Å². The average Bonchev–Trinajstić information content (AvgIpc) is 2.03. The maximum atomic E-state index is 12.1. The fraction of sp³-hybridized carbons (Fsp3) is 0.750. The number of allylic oxidation sites excluding steroid dienone is 1. The molecule has 0 saturated heterocycles. The standard InChI is InChI=1S/C8H11F3O2S/c1-6-2-4-7(5-3-6)14(12,13)8(9,10)11/h7H,1-5H2. The molecule has 6 heteroatoms. The SMILES string of the molecule is C=C1CCC(S(=O)(=O)C(F)(F)F)CC1. The Bertz CT molecular complexity index is 319. The molecule has 0 aliphatic heterocycles. The van der Waals surface area contributed by atoms with Gasteiger partial charge in [0.05, 0.1) is 5.25 Å². The lowest BCUT2D eigenvalue weighted by molar-refractivity contribution is -0.0447. The van der Waals surface area contributed by atoms with E-state index < -0.39 is 20.6 Å². The molecule has 1 rings (SSSR count). The highest BCUT2D eigenvalue weighted by atomic mass is 32.2. The molecule has 0 heterocycles. The first-order valence-electron chi connectivity index (χ1n) is 4.22. The van der Waals surface area contributed by atoms with Gasteiger partial charge in [-0.25, -0.2) is 8.42 Å². The summed E-state index contributed by atoms with van der Waals surface area (Å²) in [6.45, 7) is 3.62. The van der Waals surface area contributed by atoms with E-state index in [9.17, 15) is 21.6 Å². The molecule has 2 nitrogen and oxygen atoms in total. The number of hydrogen-bond acceptors (Lipinski definition) is 2. The normalized spacial score (nSPS) is 21.2. The van der Waals surface area contributed by atoms with Crippen molar-refractivity contribution in [3.63, 3.8) is 0 Å². The van der Waals surface area contributed by atoms with Crippen molar-refractivity contribution in [1.29, 1.82) is 0 Å². The van der Waals surface area contributed by atoms with Gasteiger partial charge in [-0.05, 0) is 25.7 Å². The molecule has 14 heavy (non-hydrogen) atoms. The van der Waals surface area contributed by atoms with Crippen molar-refractivity contribution in [3.8, 4) is 0 Å². The topological polar surface area (TPSA) is 34.1 Å². The zero-order valence-electron chi connectivity index (χ0n) is 7.47. The quantitative estimate of drug-likeness (QED) is 0.646. The maximum Gasteiger partial charge on any atom is 0.497 e. The Hall–Kier alpha value is -0.520. The van der Waals surface area contributed by atoms with Gasteiger partial charge < -0.3 is 0 Å². The number of rotatable bonds is 1. The van der Waals surface area contributed by atoms with Crippen LogP contribution in [0.5, 0.6) is 0 Å². The van der Waals surface area contributed by atoms with Crippen LogP contribution in [0.25, 0.3) is 0 Å². The Labute approximate surface area is 80.7 Å². The van der Waals surface area contributed by atoms with Crippen LogP contribution < -0.4 is 0 Å². The monoisotopic (exact) mass is 228 g/mol. The van der Waals surface area contributed by atoms with Gasteiger partial charge in [0.1, 0.15) is 0 Å². The second-order valence-corrected chi connectivity index (χ2v) is 5.66. The van der Waals surface area contributed by atoms with Crippen molar-refractivity contribution < 1.29 is 21.6 Å². The number of hydrogen-bond donors (Lipinski definition) is 0. The summed E-state index contributed by atoms with van der Waals surface area (Å²) in [4.78, 5) is 0. The first-order valence-corrected chi connectivity index (χ1v) is 5.76. The minimum Gasteiger partial charge on any atom is -0.219 e. The smallest absolute Gasteiger partial charge is 0.219 e. The second kappa shape index (κ2) is 3.56. The second-order valence-electron chi connectivity index (χ2n) is 3.44. The van der Waals surface area contributed by atoms with E-state index in [-0.39, 0.29) is 12.8 Å². The first-order chi connectivity index (χ1) is 6.25. The molecule has 0 N–H and O–H groups in total. The van der Waals surface area contributed by atoms with Gasteiger partial charge in [-0.1, -0.05) is 12.2 Å². The molecule has 0 atom stereocenters. The highest BCUT2D eigenvalue weighted by Gasteiger charge is 2.50. The van der Waals surface area contributed by atoms with Crippen LogP contribution in [0.4, 0.5) is 13.2 Å². The predicted molar refractivity (Wildman–Crippen MR) is 46.4 cm³/mol. The van der Waals surface area contributed by atoms with Gasteiger partial charge in [-0.15, -0.1) is 0 Å². The first kappa shape index (κ1) is 11.6. The molecule has 0 bridgehead atoms. The molecule has 1 aliphatic rings. The Morgan fingerprint density at radius 2 is 1.64 bits per heavy atom. The molecule has 0 amide bonds. The molecule has 1 aliphatic carbocycles. The molecule has 82 valence electrons. The van der Waals surface area contributed by atoms with E-state index in [1.807, 2.05) is 0 Å². The molecule has 0 radical (unpaired) electrons. The van der Waals surface area contributed by atoms with Gasteiger partial charge in [0.25, 0.3) is 9.84 Å². The lowest BCUT2D eigenvalue weighted by Crippen LogP contribution is -2.35. The molecule has 0 aromatic heterocycles. The third-order valence-electron chi connectivity index (χ3n) is 2.40. The Morgan fingerprint density at radius 1 is 1.21 bits per heavy atom. The van der Waals surface area contributed by atoms with Crippen molar-refractivity contribution in [2.75, 3.05) is 0 Å². The lowest BCUT2D eigenvalue weighted by atomic mass is 9.96. The van der Waals surface area contributed by atoms with Crippen LogP contribution in [0.1, 0.15) is 25.7 Å². The van der Waals surface area contributed by atoms with Gasteiger partial charge in [0.2, 0.25) is 0 Å². The van der Waals surface area contributed by atoms with Gasteiger partial charge in [0.15, 0.2) is 0 Å². The van der Waals surface area contributed by atoms with Gasteiger partial charge in [0, 0.05) is 0 Å². The Morgan fingerprint density at radius 3 is 2.00 bits per heavy atom. The molecule has 1 saturated carbocycles. The lowest BCUT2D eigenvalue weighted by Gasteiger charge is -2.23. The maximum absolute atomic E-state index is 12.1. The Balaban J connectivity index is 2.81. The van der Waals surface area contributed by atoms with Crippen LogP contribution in [0.15, 0.2) is 12.2 Å². The van der Waals surface area contributed by atoms with E-state index in [0.29, 0.717) is 12.8 Å². The molecule has 0 aromatic carbocycles. The van der Waals surface area contributed by atoms with Crippen LogP contribution >= 0.6 is 0 Å². The molecule has 0 spiro atoms. The Kier molecular flexibility index (Phi) is 2.94. The zero-order valence-corrected chi connectivity index (χ0v) is 8.29. The summed E-state index contributed by atoms with van der Waals surface area (Å²) in [6.07, 6.45) is 0.835. The highest BCUT2D eigenvalue weighted by molar-refractivity contribution is 7.92. The summed E-state index contributed by atoms with van der Waals surface area (Å²) < 4.78 is 58.2. The van der Waals surface area contributed by atoms with Crippen molar-refractivity contribution in [2.45, 2.75) is 36.4 Å². The fourth-order valence-electron chi connectivity index (χ4n) is 1.50. The minimum absolute atomic E-state index is 0.0423. The molecular weight excluding hydrogens is 217 g/mol. The highest BCUT2D eigenvalue weighted by Crippen LogP contribution is 2.35. The van der Waals surface area contributed by atoms with Crippen LogP contribution in [-0.2, 0) is 9.84 Å². The van der Waals surface area contributed by atoms with E-state index in [4.69, 9.17) is 0 Å². The average molecular weight is 228 g/mol. The van der Waals surface area contributed by atoms with Crippen LogP contribution in [0.3, 0.4) is 0 Å². The number of sulfone groups is 1. The summed E-state index contributed by atoms with van der Waals surface area (Å²) >= 11 is 0. The van der Waals surface area contributed by atoms with E-state index in [0.717, 1.165) is 5.57 Å². The summed E-state index contributed by atoms with van der Waals surface area (Å²) in [5.41, 5.74) is -4.28.